The fraction of sp³-hybridized carbons (Fsp3) is 0.304. The first kappa shape index (κ1) is 18.9. The predicted octanol–water partition coefficient (Wildman–Crippen LogP) is 4.52. The van der Waals surface area contributed by atoms with Gasteiger partial charge in [0.2, 0.25) is 0 Å². The van der Waals surface area contributed by atoms with Crippen LogP contribution in [0.25, 0.3) is 5.57 Å². The summed E-state index contributed by atoms with van der Waals surface area (Å²) >= 11 is 0. The van der Waals surface area contributed by atoms with Gasteiger partial charge in [-0.25, -0.2) is 0 Å². The van der Waals surface area contributed by atoms with E-state index >= 15 is 0 Å². The average Bonchev–Trinajstić information content (AvgIpc) is 2.85. The Morgan fingerprint density at radius 3 is 2.04 bits per heavy atom. The third-order valence-corrected chi connectivity index (χ3v) is 5.19. The van der Waals surface area contributed by atoms with Crippen molar-refractivity contribution in [2.24, 2.45) is 0 Å². The molecule has 0 saturated carbocycles. The number of amides is 2. The van der Waals surface area contributed by atoms with Gasteiger partial charge in [-0.15, -0.1) is 0 Å². The van der Waals surface area contributed by atoms with Gasteiger partial charge in [-0.1, -0.05) is 31.2 Å². The molecule has 4 nitrogen and oxygen atoms in total. The topological polar surface area (TPSA) is 49.4 Å². The second-order valence-corrected chi connectivity index (χ2v) is 7.24. The molecule has 3 rings (SSSR count). The van der Waals surface area contributed by atoms with Crippen LogP contribution in [-0.4, -0.2) is 23.3 Å². The molecule has 140 valence electrons. The molecule has 4 heteroatoms. The van der Waals surface area contributed by atoms with Crippen molar-refractivity contribution in [2.75, 3.05) is 11.9 Å². The first-order valence-electron chi connectivity index (χ1n) is 9.35. The number of nitrogens with zero attached hydrogens (tertiary/aromatic N) is 1. The van der Waals surface area contributed by atoms with E-state index in [0.29, 0.717) is 17.8 Å². The van der Waals surface area contributed by atoms with Crippen molar-refractivity contribution >= 4 is 23.1 Å². The van der Waals surface area contributed by atoms with Gasteiger partial charge < -0.3 is 5.32 Å². The van der Waals surface area contributed by atoms with Crippen LogP contribution >= 0.6 is 0 Å². The minimum atomic E-state index is -0.256. The second kappa shape index (κ2) is 7.39. The van der Waals surface area contributed by atoms with Gasteiger partial charge in [0, 0.05) is 12.2 Å². The number of benzene rings is 2. The smallest absolute Gasteiger partial charge is 0.278 e. The molecule has 27 heavy (non-hydrogen) atoms. The number of aryl methyl sites for hydroxylation is 4. The van der Waals surface area contributed by atoms with Crippen molar-refractivity contribution in [1.29, 1.82) is 0 Å². The van der Waals surface area contributed by atoms with Crippen LogP contribution < -0.4 is 5.32 Å². The minimum Gasteiger partial charge on any atom is -0.350 e. The third-order valence-electron chi connectivity index (χ3n) is 5.19. The van der Waals surface area contributed by atoms with Crippen molar-refractivity contribution in [3.8, 4) is 0 Å². The number of hydrogen-bond donors (Lipinski definition) is 1. The number of carbonyl (C=O) groups is 2. The summed E-state index contributed by atoms with van der Waals surface area (Å²) in [6.45, 7) is 10.5. The van der Waals surface area contributed by atoms with Crippen LogP contribution in [0, 0.1) is 27.7 Å². The summed E-state index contributed by atoms with van der Waals surface area (Å²) in [6, 6.07) is 11.8. The summed E-state index contributed by atoms with van der Waals surface area (Å²) in [4.78, 5) is 27.4. The Balaban J connectivity index is 2.10. The monoisotopic (exact) mass is 362 g/mol. The Hall–Kier alpha value is -2.88. The highest BCUT2D eigenvalue weighted by Gasteiger charge is 2.38. The first-order chi connectivity index (χ1) is 12.8. The Morgan fingerprint density at radius 2 is 1.44 bits per heavy atom. The van der Waals surface area contributed by atoms with Gasteiger partial charge >= 0.3 is 0 Å². The molecule has 0 radical (unpaired) electrons. The number of anilines is 1. The lowest BCUT2D eigenvalue weighted by atomic mass is 9.99. The summed E-state index contributed by atoms with van der Waals surface area (Å²) in [7, 11) is 0. The third kappa shape index (κ3) is 3.52. The van der Waals surface area contributed by atoms with Gasteiger partial charge in [-0.3, -0.25) is 14.5 Å². The zero-order valence-corrected chi connectivity index (χ0v) is 16.6. The van der Waals surface area contributed by atoms with Gasteiger partial charge in [0.25, 0.3) is 11.8 Å². The molecule has 2 aromatic rings. The fourth-order valence-corrected chi connectivity index (χ4v) is 3.25. The number of carbonyl (C=O) groups excluding carboxylic acids is 2. The average molecular weight is 362 g/mol. The lowest BCUT2D eigenvalue weighted by Gasteiger charge is -2.14. The lowest BCUT2D eigenvalue weighted by Crippen LogP contribution is -2.33. The van der Waals surface area contributed by atoms with Crippen molar-refractivity contribution in [2.45, 2.75) is 41.0 Å². The number of imide groups is 1. The molecule has 1 aliphatic heterocycles. The summed E-state index contributed by atoms with van der Waals surface area (Å²) < 4.78 is 0. The Labute approximate surface area is 160 Å². The van der Waals surface area contributed by atoms with Crippen molar-refractivity contribution < 1.29 is 9.59 Å². The van der Waals surface area contributed by atoms with Crippen LogP contribution in [0.5, 0.6) is 0 Å². The largest absolute Gasteiger partial charge is 0.350 e. The molecule has 0 aromatic heterocycles. The molecular weight excluding hydrogens is 336 g/mol. The molecule has 1 heterocycles. The highest BCUT2D eigenvalue weighted by atomic mass is 16.2. The zero-order chi connectivity index (χ0) is 19.7. The fourth-order valence-electron chi connectivity index (χ4n) is 3.25. The first-order valence-corrected chi connectivity index (χ1v) is 9.35. The van der Waals surface area contributed by atoms with E-state index in [2.05, 4.69) is 5.32 Å². The molecule has 0 atom stereocenters. The van der Waals surface area contributed by atoms with Gasteiger partial charge in [0.1, 0.15) is 5.70 Å². The minimum absolute atomic E-state index is 0.226. The molecule has 0 fully saturated rings. The zero-order valence-electron chi connectivity index (χ0n) is 16.6. The van der Waals surface area contributed by atoms with E-state index in [-0.39, 0.29) is 11.8 Å². The van der Waals surface area contributed by atoms with E-state index in [1.54, 1.807) is 0 Å². The molecular formula is C23H26N2O2. The molecule has 1 aliphatic rings. The second-order valence-electron chi connectivity index (χ2n) is 7.24. The maximum atomic E-state index is 13.0. The number of hydrogen-bond acceptors (Lipinski definition) is 3. The molecule has 0 spiro atoms. The van der Waals surface area contributed by atoms with Crippen LogP contribution in [0.4, 0.5) is 5.69 Å². The van der Waals surface area contributed by atoms with Crippen LogP contribution in [-0.2, 0) is 9.59 Å². The quantitative estimate of drug-likeness (QED) is 0.796. The van der Waals surface area contributed by atoms with E-state index in [4.69, 9.17) is 0 Å². The highest BCUT2D eigenvalue weighted by molar-refractivity contribution is 6.36. The van der Waals surface area contributed by atoms with Crippen LogP contribution in [0.1, 0.15) is 41.2 Å². The highest BCUT2D eigenvalue weighted by Crippen LogP contribution is 2.31. The maximum absolute atomic E-state index is 13.0. The number of nitrogens with one attached hydrogen (secondary N) is 1. The molecule has 1 N–H and O–H groups in total. The summed E-state index contributed by atoms with van der Waals surface area (Å²) in [5, 5.41) is 3.23. The normalized spacial score (nSPS) is 14.3. The Morgan fingerprint density at radius 1 is 0.815 bits per heavy atom. The SMILES string of the molecule is CCCN1C(=O)C(Nc2ccc(C)c(C)c2)=C(c2ccc(C)c(C)c2)C1=O. The summed E-state index contributed by atoms with van der Waals surface area (Å²) in [5.41, 5.74) is 6.98. The van der Waals surface area contributed by atoms with E-state index < -0.39 is 0 Å². The van der Waals surface area contributed by atoms with Crippen molar-refractivity contribution in [1.82, 2.24) is 4.90 Å². The molecule has 2 amide bonds. The lowest BCUT2D eigenvalue weighted by molar-refractivity contribution is -0.136. The van der Waals surface area contributed by atoms with Gasteiger partial charge in [0.05, 0.1) is 5.57 Å². The molecule has 0 unspecified atom stereocenters. The van der Waals surface area contributed by atoms with E-state index in [0.717, 1.165) is 34.4 Å². The van der Waals surface area contributed by atoms with Crippen molar-refractivity contribution in [3.05, 3.63) is 69.9 Å². The Bertz CT molecular complexity index is 957. The molecule has 2 aromatic carbocycles. The van der Waals surface area contributed by atoms with E-state index in [9.17, 15) is 9.59 Å². The van der Waals surface area contributed by atoms with Crippen LogP contribution in [0.3, 0.4) is 0 Å². The molecule has 0 aliphatic carbocycles. The summed E-state index contributed by atoms with van der Waals surface area (Å²) in [6.07, 6.45) is 0.731. The molecule has 0 bridgehead atoms. The van der Waals surface area contributed by atoms with Gasteiger partial charge in [-0.05, 0) is 74.1 Å². The predicted molar refractivity (Wildman–Crippen MR) is 109 cm³/mol. The van der Waals surface area contributed by atoms with Crippen LogP contribution in [0.2, 0.25) is 0 Å². The maximum Gasteiger partial charge on any atom is 0.278 e. The summed E-state index contributed by atoms with van der Waals surface area (Å²) in [5.74, 6) is -0.482. The standard InChI is InChI=1S/C23H26N2O2/c1-6-11-25-22(26)20(18-9-7-14(2)16(4)12-18)21(23(25)27)24-19-10-8-15(3)17(5)13-19/h7-10,12-13,24H,6,11H2,1-5H3. The van der Waals surface area contributed by atoms with Gasteiger partial charge in [-0.2, -0.15) is 0 Å². The van der Waals surface area contributed by atoms with E-state index in [1.807, 2.05) is 71.0 Å². The van der Waals surface area contributed by atoms with Crippen LogP contribution in [0.15, 0.2) is 42.1 Å². The number of rotatable bonds is 5. The van der Waals surface area contributed by atoms with E-state index in [1.165, 1.54) is 10.5 Å². The van der Waals surface area contributed by atoms with Gasteiger partial charge in [0.15, 0.2) is 0 Å². The Kier molecular flexibility index (Phi) is 5.17. The van der Waals surface area contributed by atoms with Crippen molar-refractivity contribution in [3.63, 3.8) is 0 Å². The molecule has 0 saturated heterocycles.